The highest BCUT2D eigenvalue weighted by Gasteiger charge is 2.17. The topological polar surface area (TPSA) is 91.3 Å². The average molecular weight is 543 g/mol. The van der Waals surface area contributed by atoms with Gasteiger partial charge in [0.05, 0.1) is 6.61 Å². The molecule has 7 nitrogen and oxygen atoms in total. The molecule has 0 atom stereocenters. The van der Waals surface area contributed by atoms with Crippen LogP contribution in [0.5, 0.6) is 23.0 Å². The fourth-order valence-corrected chi connectivity index (χ4v) is 3.19. The molecule has 39 heavy (non-hydrogen) atoms. The van der Waals surface area contributed by atoms with E-state index in [9.17, 15) is 27.9 Å². The van der Waals surface area contributed by atoms with E-state index in [1.165, 1.54) is 44.2 Å². The summed E-state index contributed by atoms with van der Waals surface area (Å²) in [6, 6.07) is 9.89. The largest absolute Gasteiger partial charge is 0.487 e. The fourth-order valence-electron chi connectivity index (χ4n) is 3.19. The zero-order valence-electron chi connectivity index (χ0n) is 21.2. The van der Waals surface area contributed by atoms with E-state index in [0.717, 1.165) is 18.2 Å². The van der Waals surface area contributed by atoms with Gasteiger partial charge in [-0.2, -0.15) is 0 Å². The minimum absolute atomic E-state index is 0.0399. The van der Waals surface area contributed by atoms with Crippen molar-refractivity contribution < 1.29 is 46.8 Å². The van der Waals surface area contributed by atoms with E-state index >= 15 is 0 Å². The van der Waals surface area contributed by atoms with Crippen LogP contribution in [0.3, 0.4) is 0 Å². The van der Waals surface area contributed by atoms with Crippen molar-refractivity contribution in [3.63, 3.8) is 0 Å². The van der Waals surface area contributed by atoms with Gasteiger partial charge in [0.15, 0.2) is 29.0 Å². The van der Waals surface area contributed by atoms with Crippen molar-refractivity contribution >= 4 is 11.9 Å². The lowest BCUT2D eigenvalue weighted by molar-refractivity contribution is -0.131. The molecule has 0 spiro atoms. The number of carbonyl (C=O) groups is 2. The van der Waals surface area contributed by atoms with Crippen molar-refractivity contribution in [2.45, 2.75) is 20.5 Å². The standard InChI is InChI=1S/C29H25F3O7/c1-16(2)28(34)38-21-6-8-26(22(30)14-21)36-9-10-37-27-23(31)12-19(13-24(27)32)18-5-7-25(20(11-18)15-33)39-29(35)17(3)4/h5-8,11-14,33H,1,3,9-10,15H2,2,4H3. The molecule has 3 aromatic carbocycles. The number of hydrogen-bond donors (Lipinski definition) is 1. The normalized spacial score (nSPS) is 10.5. The molecule has 0 radical (unpaired) electrons. The molecule has 0 aliphatic carbocycles. The fraction of sp³-hybridized carbons (Fsp3) is 0.172. The number of ether oxygens (including phenoxy) is 4. The van der Waals surface area contributed by atoms with E-state index < -0.39 is 41.7 Å². The van der Waals surface area contributed by atoms with Crippen LogP contribution in [0.25, 0.3) is 11.1 Å². The predicted molar refractivity (Wildman–Crippen MR) is 136 cm³/mol. The lowest BCUT2D eigenvalue weighted by Crippen LogP contribution is -2.12. The first-order chi connectivity index (χ1) is 18.5. The Labute approximate surface area is 222 Å². The maximum Gasteiger partial charge on any atom is 0.338 e. The Hall–Kier alpha value is -4.57. The number of esters is 2. The maximum atomic E-state index is 14.7. The summed E-state index contributed by atoms with van der Waals surface area (Å²) in [5, 5.41) is 9.64. The van der Waals surface area contributed by atoms with Crippen molar-refractivity contribution in [3.8, 4) is 34.1 Å². The minimum Gasteiger partial charge on any atom is -0.487 e. The minimum atomic E-state index is -0.997. The number of rotatable bonds is 11. The van der Waals surface area contributed by atoms with E-state index in [4.69, 9.17) is 18.9 Å². The summed E-state index contributed by atoms with van der Waals surface area (Å²) >= 11 is 0. The van der Waals surface area contributed by atoms with Crippen LogP contribution in [0.4, 0.5) is 13.2 Å². The van der Waals surface area contributed by atoms with Crippen LogP contribution in [0.1, 0.15) is 19.4 Å². The second-order valence-electron chi connectivity index (χ2n) is 8.38. The Morgan fingerprint density at radius 1 is 0.744 bits per heavy atom. The molecule has 0 saturated heterocycles. The average Bonchev–Trinajstić information content (AvgIpc) is 2.88. The van der Waals surface area contributed by atoms with Crippen LogP contribution in [0.15, 0.2) is 72.8 Å². The first-order valence-electron chi connectivity index (χ1n) is 11.5. The van der Waals surface area contributed by atoms with Gasteiger partial charge < -0.3 is 24.1 Å². The number of aliphatic hydroxyl groups excluding tert-OH is 1. The van der Waals surface area contributed by atoms with Crippen molar-refractivity contribution in [2.24, 2.45) is 0 Å². The molecule has 0 bridgehead atoms. The Morgan fingerprint density at radius 2 is 1.33 bits per heavy atom. The van der Waals surface area contributed by atoms with Crippen LogP contribution >= 0.6 is 0 Å². The summed E-state index contributed by atoms with van der Waals surface area (Å²) < 4.78 is 64.1. The lowest BCUT2D eigenvalue weighted by Gasteiger charge is -2.13. The zero-order valence-corrected chi connectivity index (χ0v) is 21.2. The molecular formula is C29H25F3O7. The molecule has 0 aliphatic rings. The molecule has 204 valence electrons. The molecule has 0 amide bonds. The third-order valence-corrected chi connectivity index (χ3v) is 5.16. The van der Waals surface area contributed by atoms with E-state index in [-0.39, 0.29) is 52.7 Å². The van der Waals surface area contributed by atoms with Crippen molar-refractivity contribution in [2.75, 3.05) is 13.2 Å². The van der Waals surface area contributed by atoms with Crippen molar-refractivity contribution in [3.05, 3.63) is 95.9 Å². The number of hydrogen-bond acceptors (Lipinski definition) is 7. The van der Waals surface area contributed by atoms with E-state index in [2.05, 4.69) is 13.2 Å². The SMILES string of the molecule is C=C(C)C(=O)Oc1ccc(OCCOc2c(F)cc(-c3ccc(OC(=O)C(=C)C)c(CO)c3)cc2F)c(F)c1. The number of carbonyl (C=O) groups excluding carboxylic acids is 2. The second-order valence-corrected chi connectivity index (χ2v) is 8.38. The van der Waals surface area contributed by atoms with Gasteiger partial charge >= 0.3 is 11.9 Å². The molecular weight excluding hydrogens is 517 g/mol. The van der Waals surface area contributed by atoms with Crippen LogP contribution < -0.4 is 18.9 Å². The Morgan fingerprint density at radius 3 is 1.92 bits per heavy atom. The molecule has 0 fully saturated rings. The van der Waals surface area contributed by atoms with Crippen molar-refractivity contribution in [1.29, 1.82) is 0 Å². The maximum absolute atomic E-state index is 14.7. The predicted octanol–water partition coefficient (Wildman–Crippen LogP) is 5.68. The summed E-state index contributed by atoms with van der Waals surface area (Å²) in [7, 11) is 0. The number of benzene rings is 3. The smallest absolute Gasteiger partial charge is 0.338 e. The number of halogens is 3. The van der Waals surface area contributed by atoms with Gasteiger partial charge in [0.25, 0.3) is 0 Å². The highest BCUT2D eigenvalue weighted by molar-refractivity contribution is 5.89. The summed E-state index contributed by atoms with van der Waals surface area (Å²) in [4.78, 5) is 23.3. The molecule has 3 aromatic rings. The molecule has 3 rings (SSSR count). The summed E-state index contributed by atoms with van der Waals surface area (Å²) in [6.45, 7) is 8.81. The monoisotopic (exact) mass is 542 g/mol. The summed E-state index contributed by atoms with van der Waals surface area (Å²) in [5.74, 6) is -4.97. The first kappa shape index (κ1) is 29.0. The highest BCUT2D eigenvalue weighted by atomic mass is 19.1. The van der Waals surface area contributed by atoms with Gasteiger partial charge in [-0.25, -0.2) is 22.8 Å². The molecule has 1 N–H and O–H groups in total. The third kappa shape index (κ3) is 7.48. The quantitative estimate of drug-likeness (QED) is 0.144. The third-order valence-electron chi connectivity index (χ3n) is 5.16. The Kier molecular flexibility index (Phi) is 9.51. The number of aliphatic hydroxyl groups is 1. The first-order valence-corrected chi connectivity index (χ1v) is 11.5. The van der Waals surface area contributed by atoms with Gasteiger partial charge in [-0.15, -0.1) is 0 Å². The second kappa shape index (κ2) is 12.8. The summed E-state index contributed by atoms with van der Waals surface area (Å²) in [6.07, 6.45) is 0. The highest BCUT2D eigenvalue weighted by Crippen LogP contribution is 2.32. The van der Waals surface area contributed by atoms with Crippen LogP contribution in [0.2, 0.25) is 0 Å². The van der Waals surface area contributed by atoms with Gasteiger partial charge in [0.2, 0.25) is 0 Å². The van der Waals surface area contributed by atoms with Crippen molar-refractivity contribution in [1.82, 2.24) is 0 Å². The van der Waals surface area contributed by atoms with Crippen LogP contribution in [-0.2, 0) is 16.2 Å². The lowest BCUT2D eigenvalue weighted by atomic mass is 10.0. The van der Waals surface area contributed by atoms with E-state index in [0.29, 0.717) is 5.56 Å². The van der Waals surface area contributed by atoms with E-state index in [1.54, 1.807) is 0 Å². The Balaban J connectivity index is 1.64. The van der Waals surface area contributed by atoms with E-state index in [1.807, 2.05) is 0 Å². The molecule has 0 aliphatic heterocycles. The molecule has 0 heterocycles. The molecule has 0 unspecified atom stereocenters. The molecule has 0 saturated carbocycles. The van der Waals surface area contributed by atoms with Gasteiger partial charge in [-0.05, 0) is 61.4 Å². The van der Waals surface area contributed by atoms with Crippen LogP contribution in [0, 0.1) is 17.5 Å². The van der Waals surface area contributed by atoms with Gasteiger partial charge in [-0.3, -0.25) is 0 Å². The van der Waals surface area contributed by atoms with Gasteiger partial charge in [0, 0.05) is 22.8 Å². The zero-order chi connectivity index (χ0) is 28.7. The van der Waals surface area contributed by atoms with Crippen LogP contribution in [-0.4, -0.2) is 30.3 Å². The van der Waals surface area contributed by atoms with Gasteiger partial charge in [0.1, 0.15) is 24.7 Å². The van der Waals surface area contributed by atoms with Gasteiger partial charge in [-0.1, -0.05) is 19.2 Å². The summed E-state index contributed by atoms with van der Waals surface area (Å²) in [5.41, 5.74) is 1.05. The molecule has 10 heteroatoms. The Bertz CT molecular complexity index is 1410. The molecule has 0 aromatic heterocycles.